The number of nitrogens with zero attached hydrogens (tertiary/aromatic N) is 1. The van der Waals surface area contributed by atoms with Crippen molar-refractivity contribution in [3.05, 3.63) is 71.1 Å². The number of hydrogen-bond acceptors (Lipinski definition) is 5. The lowest BCUT2D eigenvalue weighted by atomic mass is 10.1. The van der Waals surface area contributed by atoms with Gasteiger partial charge in [-0.15, -0.1) is 11.3 Å². The van der Waals surface area contributed by atoms with E-state index in [9.17, 15) is 9.59 Å². The Morgan fingerprint density at radius 2 is 1.81 bits per heavy atom. The summed E-state index contributed by atoms with van der Waals surface area (Å²) in [6, 6.07) is 16.9. The quantitative estimate of drug-likeness (QED) is 0.637. The normalized spacial score (nSPS) is 11.6. The third-order valence-electron chi connectivity index (χ3n) is 4.05. The van der Waals surface area contributed by atoms with Gasteiger partial charge in [-0.05, 0) is 31.0 Å². The van der Waals surface area contributed by atoms with Gasteiger partial charge in [-0.3, -0.25) is 10.1 Å². The molecule has 3 aromatic rings. The highest BCUT2D eigenvalue weighted by Gasteiger charge is 2.20. The van der Waals surface area contributed by atoms with E-state index in [-0.39, 0.29) is 0 Å². The predicted molar refractivity (Wildman–Crippen MR) is 107 cm³/mol. The van der Waals surface area contributed by atoms with Crippen LogP contribution in [0.1, 0.15) is 29.8 Å². The van der Waals surface area contributed by atoms with Crippen LogP contribution >= 0.6 is 11.3 Å². The molecule has 0 radical (unpaired) electrons. The van der Waals surface area contributed by atoms with E-state index in [1.54, 1.807) is 19.1 Å². The van der Waals surface area contributed by atoms with Crippen molar-refractivity contribution in [3.63, 3.8) is 0 Å². The van der Waals surface area contributed by atoms with Crippen molar-refractivity contribution in [1.29, 1.82) is 0 Å². The fourth-order valence-electron chi connectivity index (χ4n) is 2.44. The Balaban J connectivity index is 1.59. The Bertz CT molecular complexity index is 920. The number of aromatic nitrogens is 1. The zero-order valence-corrected chi connectivity index (χ0v) is 16.0. The molecule has 0 saturated carbocycles. The number of amides is 1. The maximum Gasteiger partial charge on any atom is 0.338 e. The molecule has 0 saturated heterocycles. The average molecular weight is 380 g/mol. The van der Waals surface area contributed by atoms with Gasteiger partial charge >= 0.3 is 5.97 Å². The first-order chi connectivity index (χ1) is 13.1. The fourth-order valence-corrected chi connectivity index (χ4v) is 3.16. The van der Waals surface area contributed by atoms with Gasteiger partial charge in [0.25, 0.3) is 5.91 Å². The summed E-state index contributed by atoms with van der Waals surface area (Å²) < 4.78 is 5.26. The highest BCUT2D eigenvalue weighted by molar-refractivity contribution is 7.14. The second-order valence-electron chi connectivity index (χ2n) is 5.99. The summed E-state index contributed by atoms with van der Waals surface area (Å²) in [6.45, 7) is 3.58. The van der Waals surface area contributed by atoms with E-state index >= 15 is 0 Å². The number of ether oxygens (including phenoxy) is 1. The number of hydrogen-bond donors (Lipinski definition) is 1. The maximum atomic E-state index is 12.3. The number of anilines is 1. The molecule has 0 aliphatic rings. The Hall–Kier alpha value is -2.99. The molecule has 2 aromatic carbocycles. The third-order valence-corrected chi connectivity index (χ3v) is 4.81. The van der Waals surface area contributed by atoms with Crippen LogP contribution in [-0.2, 0) is 16.0 Å². The number of esters is 1. The van der Waals surface area contributed by atoms with E-state index in [1.165, 1.54) is 11.3 Å². The number of carbonyl (C=O) groups is 2. The van der Waals surface area contributed by atoms with Crippen LogP contribution in [0.4, 0.5) is 5.13 Å². The van der Waals surface area contributed by atoms with Gasteiger partial charge in [-0.25, -0.2) is 9.78 Å². The first kappa shape index (κ1) is 18.8. The molecule has 27 heavy (non-hydrogen) atoms. The van der Waals surface area contributed by atoms with Crippen molar-refractivity contribution < 1.29 is 14.3 Å². The molecule has 0 spiro atoms. The standard InChI is InChI=1S/C21H20N2O3S/c1-3-15-9-11-17(12-10-15)20(25)26-14(2)19(24)23-21-22-18(13-27-21)16-7-5-4-6-8-16/h4-14H,3H2,1-2H3,(H,22,23,24)/t14-/m1/s1. The molecule has 0 fully saturated rings. The van der Waals surface area contributed by atoms with Crippen molar-refractivity contribution in [3.8, 4) is 11.3 Å². The van der Waals surface area contributed by atoms with Crippen LogP contribution < -0.4 is 5.32 Å². The summed E-state index contributed by atoms with van der Waals surface area (Å²) in [5, 5.41) is 5.04. The molecule has 1 atom stereocenters. The molecule has 6 heteroatoms. The van der Waals surface area contributed by atoms with Crippen molar-refractivity contribution in [2.75, 3.05) is 5.32 Å². The second-order valence-corrected chi connectivity index (χ2v) is 6.85. The molecular weight excluding hydrogens is 360 g/mol. The lowest BCUT2D eigenvalue weighted by Gasteiger charge is -2.12. The Morgan fingerprint density at radius 1 is 1.11 bits per heavy atom. The first-order valence-corrected chi connectivity index (χ1v) is 9.56. The van der Waals surface area contributed by atoms with Crippen LogP contribution in [0.15, 0.2) is 60.0 Å². The summed E-state index contributed by atoms with van der Waals surface area (Å²) in [5.41, 5.74) is 3.32. The summed E-state index contributed by atoms with van der Waals surface area (Å²) in [6.07, 6.45) is -0.0279. The van der Waals surface area contributed by atoms with E-state index in [4.69, 9.17) is 4.74 Å². The molecule has 1 heterocycles. The summed E-state index contributed by atoms with van der Waals surface area (Å²) in [5.74, 6) is -0.938. The lowest BCUT2D eigenvalue weighted by Crippen LogP contribution is -2.29. The number of benzene rings is 2. The Kier molecular flexibility index (Phi) is 5.98. The number of thiazole rings is 1. The molecule has 3 rings (SSSR count). The molecule has 5 nitrogen and oxygen atoms in total. The summed E-state index contributed by atoms with van der Waals surface area (Å²) >= 11 is 1.33. The van der Waals surface area contributed by atoms with Crippen molar-refractivity contribution in [2.24, 2.45) is 0 Å². The van der Waals surface area contributed by atoms with Crippen LogP contribution in [-0.4, -0.2) is 23.0 Å². The molecule has 138 valence electrons. The van der Waals surface area contributed by atoms with Gasteiger partial charge in [0.15, 0.2) is 11.2 Å². The van der Waals surface area contributed by atoms with Gasteiger partial charge in [0.05, 0.1) is 11.3 Å². The van der Waals surface area contributed by atoms with E-state index in [0.717, 1.165) is 23.2 Å². The topological polar surface area (TPSA) is 68.3 Å². The van der Waals surface area contributed by atoms with E-state index in [0.29, 0.717) is 10.7 Å². The SMILES string of the molecule is CCc1ccc(C(=O)O[C@H](C)C(=O)Nc2nc(-c3ccccc3)cs2)cc1. The van der Waals surface area contributed by atoms with Crippen LogP contribution in [0.5, 0.6) is 0 Å². The van der Waals surface area contributed by atoms with E-state index in [2.05, 4.69) is 10.3 Å². The number of rotatable bonds is 6. The minimum absolute atomic E-state index is 0.414. The van der Waals surface area contributed by atoms with Gasteiger partial charge in [0, 0.05) is 10.9 Å². The molecule has 1 N–H and O–H groups in total. The number of aryl methyl sites for hydroxylation is 1. The molecule has 1 amide bonds. The highest BCUT2D eigenvalue weighted by Crippen LogP contribution is 2.24. The second kappa shape index (κ2) is 8.60. The van der Waals surface area contributed by atoms with Crippen molar-refractivity contribution >= 4 is 28.3 Å². The van der Waals surface area contributed by atoms with Crippen LogP contribution in [0, 0.1) is 0 Å². The first-order valence-electron chi connectivity index (χ1n) is 8.68. The predicted octanol–water partition coefficient (Wildman–Crippen LogP) is 4.56. The third kappa shape index (κ3) is 4.80. The average Bonchev–Trinajstić information content (AvgIpc) is 3.17. The molecule has 0 aliphatic carbocycles. The van der Waals surface area contributed by atoms with Gasteiger partial charge in [-0.1, -0.05) is 49.4 Å². The van der Waals surface area contributed by atoms with Crippen molar-refractivity contribution in [2.45, 2.75) is 26.4 Å². The molecule has 0 bridgehead atoms. The minimum atomic E-state index is -0.924. The molecule has 0 aliphatic heterocycles. The fraction of sp³-hybridized carbons (Fsp3) is 0.190. The zero-order chi connectivity index (χ0) is 19.2. The zero-order valence-electron chi connectivity index (χ0n) is 15.1. The number of carbonyl (C=O) groups excluding carboxylic acids is 2. The maximum absolute atomic E-state index is 12.3. The van der Waals surface area contributed by atoms with Gasteiger partial charge in [-0.2, -0.15) is 0 Å². The monoisotopic (exact) mass is 380 g/mol. The van der Waals surface area contributed by atoms with Crippen LogP contribution in [0.2, 0.25) is 0 Å². The highest BCUT2D eigenvalue weighted by atomic mass is 32.1. The summed E-state index contributed by atoms with van der Waals surface area (Å²) in [4.78, 5) is 28.9. The minimum Gasteiger partial charge on any atom is -0.449 e. The molecule has 0 unspecified atom stereocenters. The van der Waals surface area contributed by atoms with Crippen LogP contribution in [0.3, 0.4) is 0 Å². The van der Waals surface area contributed by atoms with E-state index < -0.39 is 18.0 Å². The van der Waals surface area contributed by atoms with Gasteiger partial charge < -0.3 is 4.74 Å². The van der Waals surface area contributed by atoms with E-state index in [1.807, 2.05) is 54.8 Å². The van der Waals surface area contributed by atoms with Gasteiger partial charge in [0.1, 0.15) is 0 Å². The van der Waals surface area contributed by atoms with Crippen LogP contribution in [0.25, 0.3) is 11.3 Å². The summed E-state index contributed by atoms with van der Waals surface area (Å²) in [7, 11) is 0. The lowest BCUT2D eigenvalue weighted by molar-refractivity contribution is -0.123. The van der Waals surface area contributed by atoms with Crippen molar-refractivity contribution in [1.82, 2.24) is 4.98 Å². The number of nitrogens with one attached hydrogen (secondary N) is 1. The smallest absolute Gasteiger partial charge is 0.338 e. The largest absolute Gasteiger partial charge is 0.449 e. The molecule has 1 aromatic heterocycles. The Labute approximate surface area is 162 Å². The Morgan fingerprint density at radius 3 is 2.48 bits per heavy atom. The van der Waals surface area contributed by atoms with Gasteiger partial charge in [0.2, 0.25) is 0 Å². The molecular formula is C21H20N2O3S.